The first-order valence-electron chi connectivity index (χ1n) is 24.7. The molecule has 350 valence electrons. The third-order valence-corrected chi connectivity index (χ3v) is 18.0. The van der Waals surface area contributed by atoms with Gasteiger partial charge in [-0.05, 0) is 194 Å². The lowest BCUT2D eigenvalue weighted by Crippen LogP contribution is -2.52. The Kier molecular flexibility index (Phi) is 12.6. The van der Waals surface area contributed by atoms with Crippen LogP contribution in [0.5, 0.6) is 0 Å². The number of anilines is 4. The number of nitrogens with zero attached hydrogens (tertiary/aromatic N) is 1. The van der Waals surface area contributed by atoms with E-state index in [-0.39, 0.29) is 39.2 Å². The molecule has 0 atom stereocenters. The Morgan fingerprint density at radius 3 is 1.78 bits per heavy atom. The maximum absolute atomic E-state index is 4.15. The first-order chi connectivity index (χ1) is 31.0. The standard InChI is InChI=1S/C62H76BIN2S/c1-38-49(37-54(64)60(12,13)14)63(55-39(2)67-53-36-48-47(35-46(53)55)61(15,16)30-31-62(48,17)18)56-50(65-44-27-24-41(25-28-44)57(3,4)5)33-43(59(9,10)11)34-52(56)66(38)51-29-26-42(58(6,7)8)32-45(51)40-22-20-19-21-23-40/h19-29,32-37,65H,30-31H2,1-18H3/b54-37-. The zero-order valence-electron chi connectivity index (χ0n) is 44.0. The molecule has 0 unspecified atom stereocenters. The molecule has 67 heavy (non-hydrogen) atoms. The Balaban J connectivity index is 1.54. The van der Waals surface area contributed by atoms with Crippen molar-refractivity contribution in [3.63, 3.8) is 0 Å². The molecule has 0 spiro atoms. The number of aryl methyl sites for hydroxylation is 1. The molecule has 1 aromatic heterocycles. The highest BCUT2D eigenvalue weighted by Crippen LogP contribution is 2.50. The van der Waals surface area contributed by atoms with Crippen molar-refractivity contribution in [2.75, 3.05) is 10.2 Å². The lowest BCUT2D eigenvalue weighted by atomic mass is 9.33. The van der Waals surface area contributed by atoms with Crippen molar-refractivity contribution < 1.29 is 0 Å². The highest BCUT2D eigenvalue weighted by atomic mass is 127. The summed E-state index contributed by atoms with van der Waals surface area (Å²) in [6.07, 6.45) is 4.95. The summed E-state index contributed by atoms with van der Waals surface area (Å²) < 4.78 is 2.74. The summed E-state index contributed by atoms with van der Waals surface area (Å²) in [7, 11) is 0. The molecule has 2 nitrogen and oxygen atoms in total. The normalized spacial score (nSPS) is 16.7. The number of rotatable bonds is 6. The average molecular weight is 1020 g/mol. The summed E-state index contributed by atoms with van der Waals surface area (Å²) in [5, 5.41) is 5.56. The number of hydrogen-bond donors (Lipinski definition) is 1. The molecule has 1 aliphatic heterocycles. The topological polar surface area (TPSA) is 15.3 Å². The van der Waals surface area contributed by atoms with E-state index in [9.17, 15) is 0 Å². The first-order valence-corrected chi connectivity index (χ1v) is 26.6. The van der Waals surface area contributed by atoms with Crippen molar-refractivity contribution in [1.82, 2.24) is 0 Å². The van der Waals surface area contributed by atoms with E-state index in [0.29, 0.717) is 0 Å². The maximum Gasteiger partial charge on any atom is 0.251 e. The van der Waals surface area contributed by atoms with Crippen molar-refractivity contribution >= 4 is 84.4 Å². The van der Waals surface area contributed by atoms with E-state index in [1.165, 1.54) is 104 Å². The fourth-order valence-corrected chi connectivity index (χ4v) is 11.9. The van der Waals surface area contributed by atoms with Gasteiger partial charge < -0.3 is 10.2 Å². The van der Waals surface area contributed by atoms with Crippen LogP contribution in [0, 0.1) is 12.3 Å². The Morgan fingerprint density at radius 1 is 0.642 bits per heavy atom. The largest absolute Gasteiger partial charge is 0.356 e. The molecule has 5 aromatic carbocycles. The lowest BCUT2D eigenvalue weighted by Gasteiger charge is -2.42. The number of halogens is 1. The zero-order chi connectivity index (χ0) is 49.0. The minimum absolute atomic E-state index is 0.0197. The van der Waals surface area contributed by atoms with Gasteiger partial charge in [-0.25, -0.2) is 0 Å². The molecule has 0 fully saturated rings. The Morgan fingerprint density at radius 2 is 1.21 bits per heavy atom. The van der Waals surface area contributed by atoms with Crippen LogP contribution in [0.4, 0.5) is 22.7 Å². The minimum Gasteiger partial charge on any atom is -0.356 e. The summed E-state index contributed by atoms with van der Waals surface area (Å²) in [5.41, 5.74) is 19.6. The van der Waals surface area contributed by atoms with Gasteiger partial charge in [0.15, 0.2) is 0 Å². The van der Waals surface area contributed by atoms with Gasteiger partial charge in [-0.3, -0.25) is 0 Å². The van der Waals surface area contributed by atoms with Crippen LogP contribution in [0.3, 0.4) is 0 Å². The molecule has 2 aliphatic rings. The second-order valence-electron chi connectivity index (χ2n) is 25.3. The molecule has 8 rings (SSSR count). The lowest BCUT2D eigenvalue weighted by molar-refractivity contribution is 0.332. The van der Waals surface area contributed by atoms with Crippen LogP contribution in [0.2, 0.25) is 0 Å². The van der Waals surface area contributed by atoms with Gasteiger partial charge in [0.1, 0.15) is 0 Å². The highest BCUT2D eigenvalue weighted by Gasteiger charge is 2.43. The predicted molar refractivity (Wildman–Crippen MR) is 307 cm³/mol. The van der Waals surface area contributed by atoms with E-state index >= 15 is 0 Å². The highest BCUT2D eigenvalue weighted by molar-refractivity contribution is 14.1. The number of nitrogens with one attached hydrogen (secondary N) is 1. The van der Waals surface area contributed by atoms with Crippen LogP contribution in [-0.2, 0) is 27.1 Å². The molecule has 5 heteroatoms. The number of benzene rings is 5. The Hall–Kier alpha value is -4.07. The van der Waals surface area contributed by atoms with Crippen LogP contribution < -0.4 is 21.1 Å². The van der Waals surface area contributed by atoms with Crippen LogP contribution in [0.1, 0.15) is 163 Å². The number of thiophene rings is 1. The van der Waals surface area contributed by atoms with Gasteiger partial charge in [0.2, 0.25) is 0 Å². The summed E-state index contributed by atoms with van der Waals surface area (Å²) >= 11 is 4.64. The van der Waals surface area contributed by atoms with Gasteiger partial charge in [0.25, 0.3) is 6.71 Å². The third-order valence-electron chi connectivity index (χ3n) is 15.0. The predicted octanol–water partition coefficient (Wildman–Crippen LogP) is 17.8. The molecule has 1 N–H and O–H groups in total. The molecule has 0 saturated carbocycles. The van der Waals surface area contributed by atoms with Gasteiger partial charge in [-0.1, -0.05) is 165 Å². The molecular weight excluding hydrogens is 942 g/mol. The maximum atomic E-state index is 4.15. The molecule has 0 saturated heterocycles. The van der Waals surface area contributed by atoms with Crippen molar-refractivity contribution in [2.45, 2.75) is 165 Å². The van der Waals surface area contributed by atoms with Crippen LogP contribution in [0.15, 0.2) is 118 Å². The fourth-order valence-electron chi connectivity index (χ4n) is 10.4. The smallest absolute Gasteiger partial charge is 0.251 e. The second kappa shape index (κ2) is 17.1. The van der Waals surface area contributed by atoms with Gasteiger partial charge in [-0.2, -0.15) is 0 Å². The molecule has 0 bridgehead atoms. The summed E-state index contributed by atoms with van der Waals surface area (Å²) in [6.45, 7) is 42.6. The zero-order valence-corrected chi connectivity index (χ0v) is 47.0. The van der Waals surface area contributed by atoms with Crippen LogP contribution in [-0.4, -0.2) is 6.71 Å². The quantitative estimate of drug-likeness (QED) is 0.132. The summed E-state index contributed by atoms with van der Waals surface area (Å²) in [6, 6.07) is 37.8. The fraction of sp³-hybridized carbons (Fsp3) is 0.419. The van der Waals surface area contributed by atoms with E-state index in [1.54, 1.807) is 0 Å². The van der Waals surface area contributed by atoms with E-state index in [0.717, 1.165) is 11.4 Å². The molecule has 1 aliphatic carbocycles. The van der Waals surface area contributed by atoms with Crippen molar-refractivity contribution in [3.05, 3.63) is 151 Å². The molecular formula is C62H76BIN2S. The van der Waals surface area contributed by atoms with Crippen LogP contribution in [0.25, 0.3) is 21.2 Å². The van der Waals surface area contributed by atoms with E-state index in [4.69, 9.17) is 0 Å². The first kappa shape index (κ1) is 49.4. The SMILES string of the molecule is CC1=C(/C=C(\I)C(C)(C)C)B(c2c(C)sc3cc4c(cc23)C(C)(C)CCC4(C)C)c2c(Nc3ccc(C(C)(C)C)cc3)cc(C(C)(C)C)cc2N1c1ccc(C(C)(C)C)cc1-c1ccccc1. The second-order valence-corrected chi connectivity index (χ2v) is 27.7. The van der Waals surface area contributed by atoms with Crippen molar-refractivity contribution in [2.24, 2.45) is 5.41 Å². The third kappa shape index (κ3) is 9.39. The van der Waals surface area contributed by atoms with E-state index in [1.807, 2.05) is 11.3 Å². The monoisotopic (exact) mass is 1020 g/mol. The van der Waals surface area contributed by atoms with Crippen LogP contribution >= 0.6 is 33.9 Å². The van der Waals surface area contributed by atoms with Crippen molar-refractivity contribution in [3.8, 4) is 11.1 Å². The van der Waals surface area contributed by atoms with E-state index in [2.05, 4.69) is 261 Å². The number of hydrogen-bond acceptors (Lipinski definition) is 3. The molecule has 0 radical (unpaired) electrons. The Labute approximate surface area is 423 Å². The summed E-state index contributed by atoms with van der Waals surface area (Å²) in [5.74, 6) is 0. The van der Waals surface area contributed by atoms with E-state index < -0.39 is 0 Å². The molecule has 2 heterocycles. The summed E-state index contributed by atoms with van der Waals surface area (Å²) in [4.78, 5) is 4.03. The van der Waals surface area contributed by atoms with Gasteiger partial charge >= 0.3 is 0 Å². The number of allylic oxidation sites excluding steroid dienone is 4. The van der Waals surface area contributed by atoms with Crippen molar-refractivity contribution in [1.29, 1.82) is 0 Å². The van der Waals surface area contributed by atoms with Gasteiger partial charge in [0.05, 0.1) is 5.69 Å². The number of fused-ring (bicyclic) bond motifs is 3. The average Bonchev–Trinajstić information content (AvgIpc) is 3.55. The molecule has 0 amide bonds. The van der Waals surface area contributed by atoms with Gasteiger partial charge in [-0.15, -0.1) is 11.3 Å². The molecule has 6 aromatic rings. The Bertz CT molecular complexity index is 2930. The van der Waals surface area contributed by atoms with Gasteiger partial charge in [0, 0.05) is 33.0 Å². The minimum atomic E-state index is -0.122.